The molecule has 0 amide bonds. The lowest BCUT2D eigenvalue weighted by atomic mass is 10.2. The van der Waals surface area contributed by atoms with Crippen LogP contribution in [0.4, 0.5) is 5.82 Å². The van der Waals surface area contributed by atoms with Gasteiger partial charge in [-0.15, -0.1) is 15.3 Å². The quantitative estimate of drug-likeness (QED) is 0.789. The fourth-order valence-corrected chi connectivity index (χ4v) is 2.05. The third-order valence-electron chi connectivity index (χ3n) is 3.12. The number of fused-ring (bicyclic) bond motifs is 1. The summed E-state index contributed by atoms with van der Waals surface area (Å²) in [6, 6.07) is 14.1. The molecule has 5 heteroatoms. The number of aromatic nitrogens is 4. The fraction of sp³-hybridized carbons (Fsp3) is 0.267. The zero-order valence-corrected chi connectivity index (χ0v) is 11.6. The van der Waals surface area contributed by atoms with E-state index in [4.69, 9.17) is 0 Å². The van der Waals surface area contributed by atoms with Crippen LogP contribution in [0.2, 0.25) is 0 Å². The highest BCUT2D eigenvalue weighted by molar-refractivity contribution is 5.44. The molecule has 0 spiro atoms. The van der Waals surface area contributed by atoms with Crippen LogP contribution in [0.5, 0.6) is 0 Å². The van der Waals surface area contributed by atoms with E-state index in [9.17, 15) is 0 Å². The highest BCUT2D eigenvalue weighted by atomic mass is 15.4. The van der Waals surface area contributed by atoms with Crippen molar-refractivity contribution in [2.45, 2.75) is 26.3 Å². The van der Waals surface area contributed by atoms with E-state index in [1.165, 1.54) is 5.56 Å². The van der Waals surface area contributed by atoms with Gasteiger partial charge < -0.3 is 5.32 Å². The van der Waals surface area contributed by atoms with Gasteiger partial charge in [-0.05, 0) is 17.7 Å². The monoisotopic (exact) mass is 267 g/mol. The first-order valence-corrected chi connectivity index (χ1v) is 6.74. The van der Waals surface area contributed by atoms with Crippen molar-refractivity contribution < 1.29 is 0 Å². The Hall–Kier alpha value is -2.43. The van der Waals surface area contributed by atoms with E-state index in [1.807, 2.05) is 30.3 Å². The molecule has 2 heterocycles. The molecule has 0 unspecified atom stereocenters. The van der Waals surface area contributed by atoms with Gasteiger partial charge in [0.2, 0.25) is 0 Å². The van der Waals surface area contributed by atoms with Gasteiger partial charge in [-0.25, -0.2) is 0 Å². The number of hydrogen-bond donors (Lipinski definition) is 1. The van der Waals surface area contributed by atoms with Crippen molar-refractivity contribution in [2.24, 2.45) is 0 Å². The van der Waals surface area contributed by atoms with Gasteiger partial charge >= 0.3 is 0 Å². The second-order valence-corrected chi connectivity index (χ2v) is 5.04. The molecule has 0 fully saturated rings. The molecule has 2 aromatic heterocycles. The summed E-state index contributed by atoms with van der Waals surface area (Å²) in [5, 5.41) is 16.2. The zero-order chi connectivity index (χ0) is 13.9. The van der Waals surface area contributed by atoms with E-state index in [0.717, 1.165) is 23.8 Å². The van der Waals surface area contributed by atoms with E-state index < -0.39 is 0 Å². The van der Waals surface area contributed by atoms with Crippen LogP contribution in [0.1, 0.15) is 31.2 Å². The predicted molar refractivity (Wildman–Crippen MR) is 78.6 cm³/mol. The highest BCUT2D eigenvalue weighted by Crippen LogP contribution is 2.14. The van der Waals surface area contributed by atoms with Crippen molar-refractivity contribution in [3.8, 4) is 0 Å². The Balaban J connectivity index is 1.83. The first-order chi connectivity index (χ1) is 9.74. The van der Waals surface area contributed by atoms with Gasteiger partial charge in [0.15, 0.2) is 11.5 Å². The average molecular weight is 267 g/mol. The molecule has 3 rings (SSSR count). The van der Waals surface area contributed by atoms with E-state index in [2.05, 4.69) is 46.6 Å². The molecule has 0 aliphatic rings. The Labute approximate surface area is 117 Å². The van der Waals surface area contributed by atoms with Gasteiger partial charge in [0.1, 0.15) is 5.82 Å². The van der Waals surface area contributed by atoms with E-state index in [1.54, 1.807) is 4.52 Å². The molecule has 0 aliphatic carbocycles. The molecular formula is C15H17N5. The third kappa shape index (κ3) is 2.47. The van der Waals surface area contributed by atoms with Gasteiger partial charge in [-0.3, -0.25) is 0 Å². The summed E-state index contributed by atoms with van der Waals surface area (Å²) < 4.78 is 1.80. The van der Waals surface area contributed by atoms with Crippen LogP contribution in [0, 0.1) is 0 Å². The van der Waals surface area contributed by atoms with Crippen LogP contribution >= 0.6 is 0 Å². The largest absolute Gasteiger partial charge is 0.365 e. The minimum atomic E-state index is 0.293. The molecular weight excluding hydrogens is 250 g/mol. The molecule has 3 aromatic rings. The SMILES string of the molecule is CC(C)c1nnc2ccc(NCc3ccccc3)nn12. The number of anilines is 1. The molecule has 1 N–H and O–H groups in total. The zero-order valence-electron chi connectivity index (χ0n) is 11.6. The molecule has 1 aromatic carbocycles. The lowest BCUT2D eigenvalue weighted by Gasteiger charge is -2.07. The average Bonchev–Trinajstić information content (AvgIpc) is 2.89. The smallest absolute Gasteiger partial charge is 0.178 e. The van der Waals surface area contributed by atoms with E-state index in [0.29, 0.717) is 5.92 Å². The summed E-state index contributed by atoms with van der Waals surface area (Å²) in [5.74, 6) is 1.99. The maximum absolute atomic E-state index is 4.55. The summed E-state index contributed by atoms with van der Waals surface area (Å²) in [7, 11) is 0. The summed E-state index contributed by atoms with van der Waals surface area (Å²) in [6.45, 7) is 4.92. The van der Waals surface area contributed by atoms with E-state index >= 15 is 0 Å². The van der Waals surface area contributed by atoms with Gasteiger partial charge in [0.05, 0.1) is 0 Å². The standard InChI is InChI=1S/C15H17N5/c1-11(2)15-18-17-14-9-8-13(19-20(14)15)16-10-12-6-4-3-5-7-12/h3-9,11H,10H2,1-2H3,(H,16,19). The van der Waals surface area contributed by atoms with Crippen molar-refractivity contribution >= 4 is 11.5 Å². The third-order valence-corrected chi connectivity index (χ3v) is 3.12. The molecule has 5 nitrogen and oxygen atoms in total. The molecule has 20 heavy (non-hydrogen) atoms. The van der Waals surface area contributed by atoms with E-state index in [-0.39, 0.29) is 0 Å². The van der Waals surface area contributed by atoms with Crippen molar-refractivity contribution in [1.29, 1.82) is 0 Å². The summed E-state index contributed by atoms with van der Waals surface area (Å²) in [4.78, 5) is 0. The minimum Gasteiger partial charge on any atom is -0.365 e. The van der Waals surface area contributed by atoms with Crippen LogP contribution in [0.25, 0.3) is 5.65 Å². The number of benzene rings is 1. The fourth-order valence-electron chi connectivity index (χ4n) is 2.05. The Kier molecular flexibility index (Phi) is 3.33. The highest BCUT2D eigenvalue weighted by Gasteiger charge is 2.10. The maximum Gasteiger partial charge on any atom is 0.178 e. The lowest BCUT2D eigenvalue weighted by Crippen LogP contribution is -2.06. The molecule has 0 atom stereocenters. The van der Waals surface area contributed by atoms with Gasteiger partial charge in [0, 0.05) is 12.5 Å². The molecule has 102 valence electrons. The first-order valence-electron chi connectivity index (χ1n) is 6.74. The van der Waals surface area contributed by atoms with Crippen molar-refractivity contribution in [1.82, 2.24) is 19.8 Å². The number of hydrogen-bond acceptors (Lipinski definition) is 4. The molecule has 0 aliphatic heterocycles. The maximum atomic E-state index is 4.55. The van der Waals surface area contributed by atoms with Crippen LogP contribution in [-0.4, -0.2) is 19.8 Å². The Bertz CT molecular complexity index is 703. The second-order valence-electron chi connectivity index (χ2n) is 5.04. The Morgan fingerprint density at radius 2 is 1.85 bits per heavy atom. The Morgan fingerprint density at radius 1 is 1.05 bits per heavy atom. The molecule has 0 saturated carbocycles. The molecule has 0 saturated heterocycles. The van der Waals surface area contributed by atoms with Crippen molar-refractivity contribution in [2.75, 3.05) is 5.32 Å². The van der Waals surface area contributed by atoms with Gasteiger partial charge in [0.25, 0.3) is 0 Å². The summed E-state index contributed by atoms with van der Waals surface area (Å²) >= 11 is 0. The second kappa shape index (κ2) is 5.28. The van der Waals surface area contributed by atoms with Crippen LogP contribution in [-0.2, 0) is 6.54 Å². The van der Waals surface area contributed by atoms with Crippen LogP contribution in [0.3, 0.4) is 0 Å². The van der Waals surface area contributed by atoms with Crippen LogP contribution in [0.15, 0.2) is 42.5 Å². The lowest BCUT2D eigenvalue weighted by molar-refractivity contribution is 0.721. The normalized spacial score (nSPS) is 11.2. The number of rotatable bonds is 4. The molecule has 0 radical (unpaired) electrons. The minimum absolute atomic E-state index is 0.293. The summed E-state index contributed by atoms with van der Waals surface area (Å²) in [6.07, 6.45) is 0. The topological polar surface area (TPSA) is 55.1 Å². The number of nitrogens with zero attached hydrogens (tertiary/aromatic N) is 4. The summed E-state index contributed by atoms with van der Waals surface area (Å²) in [5.41, 5.74) is 2.00. The number of nitrogens with one attached hydrogen (secondary N) is 1. The molecule has 0 bridgehead atoms. The first kappa shape index (κ1) is 12.6. The Morgan fingerprint density at radius 3 is 2.60 bits per heavy atom. The van der Waals surface area contributed by atoms with Crippen molar-refractivity contribution in [3.63, 3.8) is 0 Å². The van der Waals surface area contributed by atoms with Gasteiger partial charge in [-0.2, -0.15) is 4.52 Å². The van der Waals surface area contributed by atoms with Gasteiger partial charge in [-0.1, -0.05) is 44.2 Å². The van der Waals surface area contributed by atoms with Crippen LogP contribution < -0.4 is 5.32 Å². The van der Waals surface area contributed by atoms with Crippen molar-refractivity contribution in [3.05, 3.63) is 53.9 Å². The predicted octanol–water partition coefficient (Wildman–Crippen LogP) is 2.86.